The summed E-state index contributed by atoms with van der Waals surface area (Å²) in [6.07, 6.45) is 28.7. The molecule has 4 nitrogen and oxygen atoms in total. The third-order valence-electron chi connectivity index (χ3n) is 8.43. The molecule has 0 radical (unpaired) electrons. The van der Waals surface area contributed by atoms with E-state index in [2.05, 4.69) is 13.8 Å². The average Bonchev–Trinajstić information content (AvgIpc) is 2.90. The van der Waals surface area contributed by atoms with Gasteiger partial charge in [-0.2, -0.15) is 0 Å². The number of esters is 2. The summed E-state index contributed by atoms with van der Waals surface area (Å²) < 4.78 is 11.4. The van der Waals surface area contributed by atoms with Gasteiger partial charge in [0.05, 0.1) is 24.5 Å². The Hall–Kier alpha value is -1.06. The molecule has 0 aromatic carbocycles. The molecule has 0 aromatic heterocycles. The van der Waals surface area contributed by atoms with E-state index >= 15 is 0 Å². The Morgan fingerprint density at radius 3 is 1.46 bits per heavy atom. The summed E-state index contributed by atoms with van der Waals surface area (Å²) in [4.78, 5) is 25.9. The molecule has 0 aliphatic heterocycles. The zero-order chi connectivity index (χ0) is 27.0. The molecule has 4 heteroatoms. The zero-order valence-corrected chi connectivity index (χ0v) is 25.1. The molecule has 1 fully saturated rings. The van der Waals surface area contributed by atoms with Crippen LogP contribution in [0.5, 0.6) is 0 Å². The highest BCUT2D eigenvalue weighted by Gasteiger charge is 2.48. The summed E-state index contributed by atoms with van der Waals surface area (Å²) in [7, 11) is 0. The summed E-state index contributed by atoms with van der Waals surface area (Å²) in [5.41, 5.74) is -0.731. The highest BCUT2D eigenvalue weighted by Crippen LogP contribution is 2.43. The Balaban J connectivity index is 2.17. The van der Waals surface area contributed by atoms with E-state index in [1.54, 1.807) is 0 Å². The molecular formula is C33H62O4. The fourth-order valence-corrected chi connectivity index (χ4v) is 5.74. The van der Waals surface area contributed by atoms with Gasteiger partial charge in [-0.05, 0) is 32.6 Å². The van der Waals surface area contributed by atoms with Crippen molar-refractivity contribution < 1.29 is 19.1 Å². The summed E-state index contributed by atoms with van der Waals surface area (Å²) in [6, 6.07) is 0. The maximum atomic E-state index is 13.0. The average molecular weight is 523 g/mol. The Morgan fingerprint density at radius 1 is 0.595 bits per heavy atom. The van der Waals surface area contributed by atoms with Crippen molar-refractivity contribution in [3.63, 3.8) is 0 Å². The molecule has 218 valence electrons. The van der Waals surface area contributed by atoms with Crippen LogP contribution in [0.1, 0.15) is 175 Å². The Bertz CT molecular complexity index is 561. The Labute approximate surface area is 230 Å². The molecule has 1 aliphatic carbocycles. The van der Waals surface area contributed by atoms with Crippen LogP contribution in [0.25, 0.3) is 0 Å². The molecule has 0 aromatic rings. The lowest BCUT2D eigenvalue weighted by Gasteiger charge is -2.37. The third kappa shape index (κ3) is 15.8. The lowest BCUT2D eigenvalue weighted by molar-refractivity contribution is -0.172. The molecular weight excluding hydrogens is 460 g/mol. The molecule has 37 heavy (non-hydrogen) atoms. The van der Waals surface area contributed by atoms with Crippen molar-refractivity contribution in [2.24, 2.45) is 11.3 Å². The van der Waals surface area contributed by atoms with E-state index in [1.165, 1.54) is 103 Å². The van der Waals surface area contributed by atoms with E-state index in [4.69, 9.17) is 9.47 Å². The lowest BCUT2D eigenvalue weighted by atomic mass is 9.67. The summed E-state index contributed by atoms with van der Waals surface area (Å²) >= 11 is 0. The maximum absolute atomic E-state index is 13.0. The zero-order valence-electron chi connectivity index (χ0n) is 25.1. The first-order chi connectivity index (χ1) is 18.1. The van der Waals surface area contributed by atoms with Gasteiger partial charge in [0.25, 0.3) is 0 Å². The predicted molar refractivity (Wildman–Crippen MR) is 156 cm³/mol. The van der Waals surface area contributed by atoms with Crippen LogP contribution in [-0.4, -0.2) is 25.2 Å². The van der Waals surface area contributed by atoms with Gasteiger partial charge in [-0.15, -0.1) is 0 Å². The van der Waals surface area contributed by atoms with Crippen molar-refractivity contribution in [3.8, 4) is 0 Å². The third-order valence-corrected chi connectivity index (χ3v) is 8.43. The van der Waals surface area contributed by atoms with Crippen LogP contribution in [0.4, 0.5) is 0 Å². The first kappa shape index (κ1) is 34.0. The highest BCUT2D eigenvalue weighted by atomic mass is 16.5. The summed E-state index contributed by atoms with van der Waals surface area (Å²) in [6.45, 7) is 7.40. The van der Waals surface area contributed by atoms with E-state index < -0.39 is 5.41 Å². The monoisotopic (exact) mass is 522 g/mol. The van der Waals surface area contributed by atoms with Crippen molar-refractivity contribution in [3.05, 3.63) is 0 Å². The fraction of sp³-hybridized carbons (Fsp3) is 0.939. The van der Waals surface area contributed by atoms with Gasteiger partial charge in [0.2, 0.25) is 0 Å². The molecule has 0 spiro atoms. The van der Waals surface area contributed by atoms with Crippen LogP contribution in [0.3, 0.4) is 0 Å². The van der Waals surface area contributed by atoms with E-state index in [9.17, 15) is 9.59 Å². The number of unbranched alkanes of at least 4 members (excludes halogenated alkanes) is 18. The SMILES string of the molecule is CCCCCCCCCCCCOC(=O)C1CCCCC1(C)C(=O)OCCCCCCCCCCCC. The van der Waals surface area contributed by atoms with E-state index in [0.717, 1.165) is 51.4 Å². The maximum Gasteiger partial charge on any atom is 0.312 e. The first-order valence-corrected chi connectivity index (χ1v) is 16.4. The van der Waals surface area contributed by atoms with Crippen LogP contribution in [-0.2, 0) is 19.1 Å². The molecule has 1 aliphatic rings. The molecule has 2 atom stereocenters. The minimum atomic E-state index is -0.731. The van der Waals surface area contributed by atoms with Gasteiger partial charge in [-0.3, -0.25) is 9.59 Å². The Morgan fingerprint density at radius 2 is 1.00 bits per heavy atom. The minimum Gasteiger partial charge on any atom is -0.465 e. The Kier molecular flexibility index (Phi) is 21.0. The van der Waals surface area contributed by atoms with Gasteiger partial charge in [0.1, 0.15) is 0 Å². The number of carbonyl (C=O) groups excluding carboxylic acids is 2. The molecule has 1 rings (SSSR count). The normalized spacial score (nSPS) is 19.6. The number of carbonyl (C=O) groups is 2. The van der Waals surface area contributed by atoms with Gasteiger partial charge >= 0.3 is 11.9 Å². The van der Waals surface area contributed by atoms with Gasteiger partial charge in [-0.1, -0.05) is 142 Å². The second-order valence-electron chi connectivity index (χ2n) is 11.9. The van der Waals surface area contributed by atoms with Gasteiger partial charge in [-0.25, -0.2) is 0 Å². The first-order valence-electron chi connectivity index (χ1n) is 16.4. The van der Waals surface area contributed by atoms with Crippen molar-refractivity contribution in [2.75, 3.05) is 13.2 Å². The van der Waals surface area contributed by atoms with Crippen molar-refractivity contribution >= 4 is 11.9 Å². The van der Waals surface area contributed by atoms with Crippen LogP contribution >= 0.6 is 0 Å². The van der Waals surface area contributed by atoms with E-state index in [1.807, 2.05) is 6.92 Å². The van der Waals surface area contributed by atoms with E-state index in [0.29, 0.717) is 13.2 Å². The fourth-order valence-electron chi connectivity index (χ4n) is 5.74. The number of rotatable bonds is 24. The van der Waals surface area contributed by atoms with Gasteiger partial charge in [0, 0.05) is 0 Å². The number of hydrogen-bond donors (Lipinski definition) is 0. The van der Waals surface area contributed by atoms with Crippen LogP contribution in [0.2, 0.25) is 0 Å². The van der Waals surface area contributed by atoms with Crippen LogP contribution < -0.4 is 0 Å². The second-order valence-corrected chi connectivity index (χ2v) is 11.9. The molecule has 2 unspecified atom stereocenters. The molecule has 0 amide bonds. The quantitative estimate of drug-likeness (QED) is 0.0934. The smallest absolute Gasteiger partial charge is 0.312 e. The minimum absolute atomic E-state index is 0.186. The largest absolute Gasteiger partial charge is 0.465 e. The highest BCUT2D eigenvalue weighted by molar-refractivity contribution is 5.85. The lowest BCUT2D eigenvalue weighted by Crippen LogP contribution is -2.44. The molecule has 1 saturated carbocycles. The number of hydrogen-bond acceptors (Lipinski definition) is 4. The van der Waals surface area contributed by atoms with Gasteiger partial charge < -0.3 is 9.47 Å². The molecule has 0 bridgehead atoms. The second kappa shape index (κ2) is 22.9. The molecule has 0 heterocycles. The predicted octanol–water partition coefficient (Wildman–Crippen LogP) is 10.1. The summed E-state index contributed by atoms with van der Waals surface area (Å²) in [5, 5.41) is 0. The topological polar surface area (TPSA) is 52.6 Å². The summed E-state index contributed by atoms with van der Waals surface area (Å²) in [5.74, 6) is -0.734. The van der Waals surface area contributed by atoms with Gasteiger partial charge in [0.15, 0.2) is 0 Å². The van der Waals surface area contributed by atoms with E-state index in [-0.39, 0.29) is 17.9 Å². The van der Waals surface area contributed by atoms with Crippen LogP contribution in [0.15, 0.2) is 0 Å². The molecule has 0 saturated heterocycles. The standard InChI is InChI=1S/C33H62O4/c1-4-6-8-10-12-14-16-18-20-24-28-36-31(34)30-26-22-23-27-33(30,3)32(35)37-29-25-21-19-17-15-13-11-9-7-5-2/h30H,4-29H2,1-3H3. The molecule has 0 N–H and O–H groups in total. The van der Waals surface area contributed by atoms with Crippen molar-refractivity contribution in [2.45, 2.75) is 175 Å². The van der Waals surface area contributed by atoms with Crippen LogP contribution in [0, 0.1) is 11.3 Å². The number of ether oxygens (including phenoxy) is 2. The van der Waals surface area contributed by atoms with Crippen molar-refractivity contribution in [1.82, 2.24) is 0 Å². The van der Waals surface area contributed by atoms with Crippen molar-refractivity contribution in [1.29, 1.82) is 0 Å².